The molecule has 0 saturated heterocycles. The van der Waals surface area contributed by atoms with E-state index < -0.39 is 9.84 Å². The van der Waals surface area contributed by atoms with Gasteiger partial charge in [0.15, 0.2) is 5.96 Å². The molecule has 0 fully saturated rings. The molecule has 0 aromatic heterocycles. The van der Waals surface area contributed by atoms with Gasteiger partial charge in [-0.1, -0.05) is 38.1 Å². The molecule has 1 unspecified atom stereocenters. The number of nitrogens with zero attached hydrogens (tertiary/aromatic N) is 1. The summed E-state index contributed by atoms with van der Waals surface area (Å²) in [4.78, 5) is 5.35. The van der Waals surface area contributed by atoms with E-state index in [1.165, 1.54) is 5.56 Å². The molecule has 1 atom stereocenters. The minimum absolute atomic E-state index is 0.198. The Morgan fingerprint density at radius 1 is 1.14 bits per heavy atom. The number of benzene rings is 2. The van der Waals surface area contributed by atoms with Gasteiger partial charge in [-0.25, -0.2) is 8.42 Å². The van der Waals surface area contributed by atoms with Gasteiger partial charge in [0.25, 0.3) is 0 Å². The number of hydrogen-bond acceptors (Lipinski definition) is 5. The van der Waals surface area contributed by atoms with Crippen LogP contribution in [0.15, 0.2) is 63.3 Å². The molecule has 2 N–H and O–H groups in total. The second kappa shape index (κ2) is 7.82. The van der Waals surface area contributed by atoms with Gasteiger partial charge in [-0.2, -0.15) is 0 Å². The highest BCUT2D eigenvalue weighted by atomic mass is 32.2. The monoisotopic (exact) mass is 411 g/mol. The zero-order valence-electron chi connectivity index (χ0n) is 17.1. The number of aryl methyl sites for hydroxylation is 1. The number of sulfone groups is 1. The van der Waals surface area contributed by atoms with E-state index in [4.69, 9.17) is 0 Å². The van der Waals surface area contributed by atoms with Crippen molar-refractivity contribution in [3.8, 4) is 0 Å². The Morgan fingerprint density at radius 3 is 2.66 bits per heavy atom. The van der Waals surface area contributed by atoms with Crippen LogP contribution in [-0.4, -0.2) is 34.0 Å². The third-order valence-corrected chi connectivity index (χ3v) is 7.60. The average molecular weight is 412 g/mol. The Bertz CT molecular complexity index is 1010. The lowest BCUT2D eigenvalue weighted by molar-refractivity contribution is 0.357. The number of guanidine groups is 1. The summed E-state index contributed by atoms with van der Waals surface area (Å²) in [5.41, 5.74) is 2.61. The van der Waals surface area contributed by atoms with E-state index in [1.54, 1.807) is 30.3 Å². The van der Waals surface area contributed by atoms with Gasteiger partial charge in [-0.15, -0.1) is 0 Å². The minimum atomic E-state index is -3.48. The van der Waals surface area contributed by atoms with Gasteiger partial charge >= 0.3 is 0 Å². The SMILES string of the molecule is CC1(C)CN=C(NCC2CCCc3cc(S(=O)(=O)c4ccccc4)ccc32)NC1. The average Bonchev–Trinajstić information content (AvgIpc) is 2.73. The Hall–Kier alpha value is -2.34. The normalized spacial score (nSPS) is 20.9. The van der Waals surface area contributed by atoms with E-state index in [-0.39, 0.29) is 5.41 Å². The number of rotatable bonds is 4. The first kappa shape index (κ1) is 20.0. The van der Waals surface area contributed by atoms with Crippen molar-refractivity contribution in [1.29, 1.82) is 0 Å². The highest BCUT2D eigenvalue weighted by Gasteiger charge is 2.26. The van der Waals surface area contributed by atoms with E-state index >= 15 is 0 Å². The third kappa shape index (κ3) is 4.32. The first-order chi connectivity index (χ1) is 13.9. The predicted octanol–water partition coefficient (Wildman–Crippen LogP) is 3.51. The number of aliphatic imine (C=N–C) groups is 1. The largest absolute Gasteiger partial charge is 0.356 e. The molecule has 6 heteroatoms. The van der Waals surface area contributed by atoms with Crippen molar-refractivity contribution in [2.75, 3.05) is 19.6 Å². The van der Waals surface area contributed by atoms with Crippen LogP contribution in [0, 0.1) is 5.41 Å². The molecule has 154 valence electrons. The fourth-order valence-corrected chi connectivity index (χ4v) is 5.40. The fourth-order valence-electron chi connectivity index (χ4n) is 4.07. The lowest BCUT2D eigenvalue weighted by atomic mass is 9.83. The second-order valence-corrected chi connectivity index (χ2v) is 10.8. The molecule has 2 aliphatic rings. The van der Waals surface area contributed by atoms with Crippen LogP contribution in [0.25, 0.3) is 0 Å². The first-order valence-electron chi connectivity index (χ1n) is 10.3. The molecule has 0 spiro atoms. The molecule has 0 bridgehead atoms. The predicted molar refractivity (Wildman–Crippen MR) is 116 cm³/mol. The van der Waals surface area contributed by atoms with Gasteiger partial charge < -0.3 is 10.6 Å². The summed E-state index contributed by atoms with van der Waals surface area (Å²) in [6.07, 6.45) is 3.10. The lowest BCUT2D eigenvalue weighted by Gasteiger charge is -2.31. The molecular weight excluding hydrogens is 382 g/mol. The molecule has 0 saturated carbocycles. The summed E-state index contributed by atoms with van der Waals surface area (Å²) in [6, 6.07) is 14.3. The van der Waals surface area contributed by atoms with Gasteiger partial charge in [-0.05, 0) is 54.7 Å². The van der Waals surface area contributed by atoms with E-state index in [9.17, 15) is 8.42 Å². The Morgan fingerprint density at radius 2 is 1.93 bits per heavy atom. The minimum Gasteiger partial charge on any atom is -0.356 e. The number of hydrogen-bond donors (Lipinski definition) is 2. The van der Waals surface area contributed by atoms with Gasteiger partial charge in [0, 0.05) is 31.0 Å². The molecule has 5 nitrogen and oxygen atoms in total. The van der Waals surface area contributed by atoms with Crippen molar-refractivity contribution in [3.63, 3.8) is 0 Å². The summed E-state index contributed by atoms with van der Waals surface area (Å²) >= 11 is 0. The zero-order valence-corrected chi connectivity index (χ0v) is 17.9. The van der Waals surface area contributed by atoms with Crippen molar-refractivity contribution >= 4 is 15.8 Å². The van der Waals surface area contributed by atoms with Crippen LogP contribution < -0.4 is 10.6 Å². The van der Waals surface area contributed by atoms with Gasteiger partial charge in [0.1, 0.15) is 0 Å². The maximum atomic E-state index is 12.9. The van der Waals surface area contributed by atoms with Crippen LogP contribution in [-0.2, 0) is 16.3 Å². The van der Waals surface area contributed by atoms with Crippen LogP contribution in [0.5, 0.6) is 0 Å². The Labute approximate surface area is 173 Å². The highest BCUT2D eigenvalue weighted by molar-refractivity contribution is 7.91. The number of nitrogens with one attached hydrogen (secondary N) is 2. The maximum Gasteiger partial charge on any atom is 0.206 e. The quantitative estimate of drug-likeness (QED) is 0.808. The van der Waals surface area contributed by atoms with Crippen LogP contribution >= 0.6 is 0 Å². The van der Waals surface area contributed by atoms with E-state index in [1.807, 2.05) is 18.2 Å². The molecule has 4 rings (SSSR count). The molecule has 1 aliphatic heterocycles. The summed E-state index contributed by atoms with van der Waals surface area (Å²) < 4.78 is 25.9. The van der Waals surface area contributed by atoms with Crippen molar-refractivity contribution in [1.82, 2.24) is 10.6 Å². The summed E-state index contributed by atoms with van der Waals surface area (Å²) in [6.45, 7) is 6.96. The molecule has 1 heterocycles. The molecule has 0 radical (unpaired) electrons. The topological polar surface area (TPSA) is 70.6 Å². The van der Waals surface area contributed by atoms with Crippen LogP contribution in [0.3, 0.4) is 0 Å². The van der Waals surface area contributed by atoms with Crippen molar-refractivity contribution in [3.05, 3.63) is 59.7 Å². The number of fused-ring (bicyclic) bond motifs is 1. The van der Waals surface area contributed by atoms with Crippen LogP contribution in [0.1, 0.15) is 43.7 Å². The smallest absolute Gasteiger partial charge is 0.206 e. The van der Waals surface area contributed by atoms with Gasteiger partial charge in [0.2, 0.25) is 9.84 Å². The fraction of sp³-hybridized carbons (Fsp3) is 0.435. The summed E-state index contributed by atoms with van der Waals surface area (Å²) in [5, 5.41) is 6.84. The second-order valence-electron chi connectivity index (χ2n) is 8.83. The molecular formula is C23H29N3O2S. The third-order valence-electron chi connectivity index (χ3n) is 5.83. The summed E-state index contributed by atoms with van der Waals surface area (Å²) in [5.74, 6) is 1.24. The molecule has 29 heavy (non-hydrogen) atoms. The van der Waals surface area contributed by atoms with E-state index in [0.717, 1.165) is 50.4 Å². The Balaban J connectivity index is 1.51. The van der Waals surface area contributed by atoms with E-state index in [0.29, 0.717) is 15.7 Å². The van der Waals surface area contributed by atoms with Crippen molar-refractivity contribution in [2.24, 2.45) is 10.4 Å². The summed E-state index contributed by atoms with van der Waals surface area (Å²) in [7, 11) is -3.48. The standard InChI is InChI=1S/C23H29N3O2S/c1-23(2)15-25-22(26-16-23)24-14-18-8-6-7-17-13-20(11-12-21(17)18)29(27,28)19-9-4-3-5-10-19/h3-5,9-13,18H,6-8,14-16H2,1-2H3,(H2,24,25,26). The first-order valence-corrected chi connectivity index (χ1v) is 11.8. The Kier molecular flexibility index (Phi) is 5.38. The van der Waals surface area contributed by atoms with Gasteiger partial charge in [0.05, 0.1) is 9.79 Å². The van der Waals surface area contributed by atoms with Crippen molar-refractivity contribution < 1.29 is 8.42 Å². The van der Waals surface area contributed by atoms with Crippen LogP contribution in [0.4, 0.5) is 0 Å². The zero-order chi connectivity index (χ0) is 20.5. The molecule has 1 aliphatic carbocycles. The molecule has 2 aromatic rings. The molecule has 0 amide bonds. The van der Waals surface area contributed by atoms with Crippen LogP contribution in [0.2, 0.25) is 0 Å². The molecule has 2 aromatic carbocycles. The van der Waals surface area contributed by atoms with E-state index in [2.05, 4.69) is 29.5 Å². The maximum absolute atomic E-state index is 12.9. The lowest BCUT2D eigenvalue weighted by Crippen LogP contribution is -2.48. The van der Waals surface area contributed by atoms with Crippen molar-refractivity contribution in [2.45, 2.75) is 48.8 Å². The highest BCUT2D eigenvalue weighted by Crippen LogP contribution is 2.34. The van der Waals surface area contributed by atoms with Gasteiger partial charge in [-0.3, -0.25) is 4.99 Å².